The van der Waals surface area contributed by atoms with Gasteiger partial charge in [-0.1, -0.05) is 81.4 Å². The van der Waals surface area contributed by atoms with Crippen LogP contribution in [0.25, 0.3) is 0 Å². The summed E-state index contributed by atoms with van der Waals surface area (Å²) in [7, 11) is -2.68. The van der Waals surface area contributed by atoms with Gasteiger partial charge in [-0.2, -0.15) is 0 Å². The molecule has 2 aliphatic carbocycles. The first-order valence-electron chi connectivity index (χ1n) is 13.7. The van der Waals surface area contributed by atoms with Crippen LogP contribution in [0.2, 0.25) is 34.8 Å². The summed E-state index contributed by atoms with van der Waals surface area (Å²) in [5.41, 5.74) is 1.38. The van der Waals surface area contributed by atoms with E-state index in [0.29, 0.717) is 23.2 Å². The maximum Gasteiger partial charge on any atom is 0.309 e. The van der Waals surface area contributed by atoms with Gasteiger partial charge in [-0.05, 0) is 34.8 Å². The average molecular weight is 527 g/mol. The van der Waals surface area contributed by atoms with Crippen molar-refractivity contribution in [2.75, 3.05) is 13.7 Å². The molecule has 0 aliphatic heterocycles. The van der Waals surface area contributed by atoms with Crippen LogP contribution >= 0.6 is 0 Å². The number of aliphatic hydroxyl groups excluding tert-OH is 1. The molecule has 2 aliphatic rings. The molecule has 0 amide bonds. The summed E-state index contributed by atoms with van der Waals surface area (Å²) >= 11 is 0. The van der Waals surface area contributed by atoms with Crippen molar-refractivity contribution in [3.05, 3.63) is 12.2 Å². The third-order valence-corrected chi connectivity index (χ3v) is 20.3. The Kier molecular flexibility index (Phi) is 9.75. The number of aliphatic hydroxyl groups is 1. The van der Waals surface area contributed by atoms with Crippen molar-refractivity contribution in [1.82, 2.24) is 0 Å². The van der Waals surface area contributed by atoms with Gasteiger partial charge in [-0.3, -0.25) is 4.79 Å². The number of hydrogen-bond donors (Lipinski definition) is 1. The first-order valence-corrected chi connectivity index (χ1v) is 18.7. The Hall–Kier alpha value is -0.476. The van der Waals surface area contributed by atoms with Crippen LogP contribution < -0.4 is 0 Å². The van der Waals surface area contributed by atoms with E-state index in [9.17, 15) is 9.90 Å². The molecule has 0 bridgehead atoms. The molecule has 5 nitrogen and oxygen atoms in total. The lowest BCUT2D eigenvalue weighted by Gasteiger charge is -2.46. The molecule has 0 saturated heterocycles. The van der Waals surface area contributed by atoms with Gasteiger partial charge in [-0.25, -0.2) is 0 Å². The number of ether oxygens (including phenoxy) is 1. The number of esters is 1. The van der Waals surface area contributed by atoms with Gasteiger partial charge in [0.2, 0.25) is 8.32 Å². The van der Waals surface area contributed by atoms with E-state index in [1.165, 1.54) is 7.11 Å². The number of hydrogen-bond acceptors (Lipinski definition) is 5. The summed E-state index contributed by atoms with van der Waals surface area (Å²) in [6, 6.07) is 0. The SMILES string of the molecule is COC(=O)[C@H]1[C@@H]2[C@H](O)[C@H](C)[C@@H](O[Si](C(C)C)(C(C)C)C(C)C)[C@H]2C=C[C@H]1CO[Si](C)(C)C(C)(C)C. The largest absolute Gasteiger partial charge is 0.469 e. The van der Waals surface area contributed by atoms with Crippen molar-refractivity contribution in [2.24, 2.45) is 29.6 Å². The van der Waals surface area contributed by atoms with E-state index in [1.54, 1.807) is 0 Å². The molecule has 7 heteroatoms. The number of methoxy groups -OCH3 is 1. The molecule has 1 saturated carbocycles. The fourth-order valence-corrected chi connectivity index (χ4v) is 13.4. The lowest BCUT2D eigenvalue weighted by Crippen LogP contribution is -2.52. The third-order valence-electron chi connectivity index (χ3n) is 9.70. The van der Waals surface area contributed by atoms with E-state index in [0.717, 1.165) is 0 Å². The van der Waals surface area contributed by atoms with Gasteiger partial charge in [0.25, 0.3) is 0 Å². The minimum atomic E-state index is -2.16. The fraction of sp³-hybridized carbons (Fsp3) is 0.893. The molecule has 7 atom stereocenters. The zero-order chi connectivity index (χ0) is 27.1. The van der Waals surface area contributed by atoms with Gasteiger partial charge in [0.15, 0.2) is 8.32 Å². The Balaban J connectivity index is 2.44. The predicted octanol–water partition coefficient (Wildman–Crippen LogP) is 6.79. The van der Waals surface area contributed by atoms with Crippen molar-refractivity contribution in [3.63, 3.8) is 0 Å². The fourth-order valence-electron chi connectivity index (χ4n) is 6.69. The summed E-state index contributed by atoms with van der Waals surface area (Å²) in [6.07, 6.45) is 3.66. The van der Waals surface area contributed by atoms with E-state index < -0.39 is 28.7 Å². The lowest BCUT2D eigenvalue weighted by atomic mass is 9.71. The summed E-state index contributed by atoms with van der Waals surface area (Å²) < 4.78 is 19.1. The molecule has 0 aromatic rings. The van der Waals surface area contributed by atoms with Gasteiger partial charge in [0.1, 0.15) is 0 Å². The Morgan fingerprint density at radius 2 is 1.51 bits per heavy atom. The second-order valence-electron chi connectivity index (χ2n) is 13.6. The second kappa shape index (κ2) is 11.1. The van der Waals surface area contributed by atoms with Gasteiger partial charge in [-0.15, -0.1) is 0 Å². The summed E-state index contributed by atoms with van der Waals surface area (Å²) in [5.74, 6) is -1.07. The van der Waals surface area contributed by atoms with Crippen molar-refractivity contribution in [1.29, 1.82) is 0 Å². The van der Waals surface area contributed by atoms with E-state index in [4.69, 9.17) is 13.6 Å². The summed E-state index contributed by atoms with van der Waals surface area (Å²) in [5, 5.41) is 11.6. The normalized spacial score (nSPS) is 32.0. The highest BCUT2D eigenvalue weighted by molar-refractivity contribution is 6.77. The molecule has 1 N–H and O–H groups in total. The Morgan fingerprint density at radius 1 is 1.00 bits per heavy atom. The highest BCUT2D eigenvalue weighted by atomic mass is 28.4. The third kappa shape index (κ3) is 5.69. The van der Waals surface area contributed by atoms with Crippen LogP contribution in [-0.2, 0) is 18.4 Å². The smallest absolute Gasteiger partial charge is 0.309 e. The van der Waals surface area contributed by atoms with Crippen LogP contribution in [0.5, 0.6) is 0 Å². The van der Waals surface area contributed by atoms with Crippen LogP contribution in [0, 0.1) is 29.6 Å². The lowest BCUT2D eigenvalue weighted by molar-refractivity contribution is -0.152. The molecule has 204 valence electrons. The Bertz CT molecular complexity index is 733. The van der Waals surface area contributed by atoms with E-state index in [-0.39, 0.29) is 40.8 Å². The molecular formula is C28H54O5Si2. The zero-order valence-corrected chi connectivity index (χ0v) is 26.7. The molecular weight excluding hydrogens is 472 g/mol. The summed E-state index contributed by atoms with van der Waals surface area (Å²) in [4.78, 5) is 13.2. The van der Waals surface area contributed by atoms with Crippen LogP contribution in [0.1, 0.15) is 69.2 Å². The number of carbonyl (C=O) groups is 1. The van der Waals surface area contributed by atoms with Crippen LogP contribution in [0.4, 0.5) is 0 Å². The minimum absolute atomic E-state index is 0.00338. The summed E-state index contributed by atoms with van der Waals surface area (Å²) in [6.45, 7) is 27.5. The maximum atomic E-state index is 13.2. The van der Waals surface area contributed by atoms with Crippen molar-refractivity contribution < 1.29 is 23.5 Å². The topological polar surface area (TPSA) is 65.0 Å². The van der Waals surface area contributed by atoms with Gasteiger partial charge in [0.05, 0.1) is 25.2 Å². The molecule has 0 heterocycles. The van der Waals surface area contributed by atoms with Gasteiger partial charge < -0.3 is 18.7 Å². The quantitative estimate of drug-likeness (QED) is 0.204. The minimum Gasteiger partial charge on any atom is -0.469 e. The van der Waals surface area contributed by atoms with Crippen molar-refractivity contribution >= 4 is 22.6 Å². The first kappa shape index (κ1) is 30.7. The average Bonchev–Trinajstić information content (AvgIpc) is 2.97. The standard InChI is InChI=1S/C28H54O5Si2/c1-17(2)35(18(3)4,19(5)6)33-26-20(7)25(29)24-22(26)15-14-21(23(24)27(30)31-11)16-32-34(12,13)28(8,9)10/h14-15,17-26,29H,16H2,1-13H3/t20-,21-,22-,23+,24+,25+,26+/m0/s1. The van der Waals surface area contributed by atoms with E-state index in [2.05, 4.69) is 94.5 Å². The van der Waals surface area contributed by atoms with E-state index in [1.807, 2.05) is 0 Å². The molecule has 0 radical (unpaired) electrons. The highest BCUT2D eigenvalue weighted by Crippen LogP contribution is 2.53. The number of rotatable bonds is 9. The molecule has 0 spiro atoms. The van der Waals surface area contributed by atoms with Crippen LogP contribution in [0.15, 0.2) is 12.2 Å². The molecule has 2 rings (SSSR count). The predicted molar refractivity (Wildman–Crippen MR) is 149 cm³/mol. The maximum absolute atomic E-state index is 13.2. The van der Waals surface area contributed by atoms with Crippen LogP contribution in [0.3, 0.4) is 0 Å². The Labute approximate surface area is 217 Å². The number of carbonyl (C=O) groups excluding carboxylic acids is 1. The first-order chi connectivity index (χ1) is 15.9. The molecule has 0 aromatic carbocycles. The zero-order valence-electron chi connectivity index (χ0n) is 24.7. The van der Waals surface area contributed by atoms with Crippen molar-refractivity contribution in [3.8, 4) is 0 Å². The monoisotopic (exact) mass is 526 g/mol. The second-order valence-corrected chi connectivity index (χ2v) is 23.8. The van der Waals surface area contributed by atoms with E-state index >= 15 is 0 Å². The van der Waals surface area contributed by atoms with Gasteiger partial charge in [0, 0.05) is 30.3 Å². The molecule has 35 heavy (non-hydrogen) atoms. The number of fused-ring (bicyclic) bond motifs is 1. The van der Waals surface area contributed by atoms with Crippen molar-refractivity contribution in [2.45, 2.75) is 116 Å². The highest BCUT2D eigenvalue weighted by Gasteiger charge is 2.58. The molecule has 1 fully saturated rings. The molecule has 0 aromatic heterocycles. The van der Waals surface area contributed by atoms with Gasteiger partial charge >= 0.3 is 5.97 Å². The molecule has 0 unspecified atom stereocenters. The van der Waals surface area contributed by atoms with Crippen LogP contribution in [-0.4, -0.2) is 53.6 Å². The Morgan fingerprint density at radius 3 is 1.94 bits per heavy atom.